The maximum Gasteiger partial charge on any atom is 0.225 e. The highest BCUT2D eigenvalue weighted by Gasteiger charge is 2.29. The molecule has 0 saturated heterocycles. The number of benzene rings is 1. The van der Waals surface area contributed by atoms with Crippen molar-refractivity contribution in [2.75, 3.05) is 5.75 Å². The molecule has 3 nitrogen and oxygen atoms in total. The van der Waals surface area contributed by atoms with E-state index in [0.29, 0.717) is 22.8 Å². The summed E-state index contributed by atoms with van der Waals surface area (Å²) < 4.78 is 0.977. The van der Waals surface area contributed by atoms with Gasteiger partial charge in [-0.15, -0.1) is 18.3 Å². The molecule has 1 atom stereocenters. The molecule has 0 spiro atoms. The summed E-state index contributed by atoms with van der Waals surface area (Å²) in [4.78, 5) is 11.8. The normalized spacial score (nSPS) is 18.4. The third-order valence-electron chi connectivity index (χ3n) is 2.97. The minimum absolute atomic E-state index is 0.0523. The topological polar surface area (TPSA) is 52.9 Å². The molecule has 5 heteroatoms. The summed E-state index contributed by atoms with van der Waals surface area (Å²) >= 11 is 4.82. The Morgan fingerprint density at radius 3 is 2.80 bits per heavy atom. The van der Waals surface area contributed by atoms with Crippen molar-refractivity contribution in [3.8, 4) is 6.07 Å². The molecule has 0 fully saturated rings. The Morgan fingerprint density at radius 2 is 2.20 bits per heavy atom. The minimum Gasteiger partial charge on any atom is -0.320 e. The van der Waals surface area contributed by atoms with Gasteiger partial charge in [0.15, 0.2) is 0 Å². The molecular formula is C15H13BrN2OS. The average Bonchev–Trinajstić information content (AvgIpc) is 2.45. The highest BCUT2D eigenvalue weighted by atomic mass is 79.9. The molecule has 2 rings (SSSR count). The van der Waals surface area contributed by atoms with E-state index in [1.165, 1.54) is 11.8 Å². The first-order valence-corrected chi connectivity index (χ1v) is 7.87. The standard InChI is InChI=1S/C15H13BrN2OS/c1-2-7-20-15-13(9-17)12(8-14(19)18-15)10-3-5-11(16)6-4-10/h2-6,12H,1,7-8H2,(H,18,19)/t12-/m0/s1. The van der Waals surface area contributed by atoms with Gasteiger partial charge in [0.2, 0.25) is 5.91 Å². The van der Waals surface area contributed by atoms with Gasteiger partial charge in [0.25, 0.3) is 0 Å². The first kappa shape index (κ1) is 14.9. The lowest BCUT2D eigenvalue weighted by atomic mass is 9.87. The number of hydrogen-bond acceptors (Lipinski definition) is 3. The molecule has 20 heavy (non-hydrogen) atoms. The smallest absolute Gasteiger partial charge is 0.225 e. The number of rotatable bonds is 4. The van der Waals surface area contributed by atoms with Crippen LogP contribution in [0.2, 0.25) is 0 Å². The maximum atomic E-state index is 11.8. The van der Waals surface area contributed by atoms with Gasteiger partial charge in [0.1, 0.15) is 0 Å². The van der Waals surface area contributed by atoms with Gasteiger partial charge in [0.05, 0.1) is 16.7 Å². The lowest BCUT2D eigenvalue weighted by Crippen LogP contribution is -2.30. The summed E-state index contributed by atoms with van der Waals surface area (Å²) in [6.07, 6.45) is 2.06. The fourth-order valence-corrected chi connectivity index (χ4v) is 3.13. The van der Waals surface area contributed by atoms with Crippen molar-refractivity contribution in [2.24, 2.45) is 0 Å². The molecule has 1 aromatic carbocycles. The molecule has 1 aliphatic rings. The number of carbonyl (C=O) groups excluding carboxylic acids is 1. The molecule has 1 heterocycles. The van der Waals surface area contributed by atoms with Crippen molar-refractivity contribution in [3.63, 3.8) is 0 Å². The fourth-order valence-electron chi connectivity index (χ4n) is 2.06. The number of thioether (sulfide) groups is 1. The number of halogens is 1. The molecule has 0 bridgehead atoms. The zero-order valence-corrected chi connectivity index (χ0v) is 13.1. The Bertz CT molecular complexity index is 601. The van der Waals surface area contributed by atoms with E-state index in [1.807, 2.05) is 24.3 Å². The Labute approximate surface area is 130 Å². The highest BCUT2D eigenvalue weighted by molar-refractivity contribution is 9.10. The van der Waals surface area contributed by atoms with Crippen LogP contribution in [-0.4, -0.2) is 11.7 Å². The van der Waals surface area contributed by atoms with Crippen LogP contribution in [0.3, 0.4) is 0 Å². The number of carbonyl (C=O) groups is 1. The molecule has 0 radical (unpaired) electrons. The first-order chi connectivity index (χ1) is 9.65. The number of nitrogens with zero attached hydrogens (tertiary/aromatic N) is 1. The molecule has 1 aliphatic heterocycles. The minimum atomic E-state index is -0.172. The molecule has 0 unspecified atom stereocenters. The van der Waals surface area contributed by atoms with Gasteiger partial charge in [-0.3, -0.25) is 4.79 Å². The second kappa shape index (κ2) is 6.78. The third kappa shape index (κ3) is 3.33. The predicted molar refractivity (Wildman–Crippen MR) is 84.9 cm³/mol. The largest absolute Gasteiger partial charge is 0.320 e. The van der Waals surface area contributed by atoms with Gasteiger partial charge >= 0.3 is 0 Å². The van der Waals surface area contributed by atoms with Crippen LogP contribution in [0.5, 0.6) is 0 Å². The van der Waals surface area contributed by atoms with Crippen LogP contribution in [0.15, 0.2) is 52.0 Å². The average molecular weight is 349 g/mol. The highest BCUT2D eigenvalue weighted by Crippen LogP contribution is 2.36. The lowest BCUT2D eigenvalue weighted by Gasteiger charge is -2.24. The van der Waals surface area contributed by atoms with E-state index in [9.17, 15) is 10.1 Å². The second-order valence-electron chi connectivity index (χ2n) is 4.31. The van der Waals surface area contributed by atoms with E-state index in [2.05, 4.69) is 33.9 Å². The predicted octanol–water partition coefficient (Wildman–Crippen LogP) is 3.71. The Balaban J connectivity index is 2.39. The van der Waals surface area contributed by atoms with Crippen LogP contribution >= 0.6 is 27.7 Å². The van der Waals surface area contributed by atoms with E-state index in [0.717, 1.165) is 10.0 Å². The Morgan fingerprint density at radius 1 is 1.50 bits per heavy atom. The van der Waals surface area contributed by atoms with Crippen molar-refractivity contribution in [2.45, 2.75) is 12.3 Å². The maximum absolute atomic E-state index is 11.8. The van der Waals surface area contributed by atoms with Crippen LogP contribution in [0, 0.1) is 11.3 Å². The van der Waals surface area contributed by atoms with Gasteiger partial charge in [-0.25, -0.2) is 0 Å². The summed E-state index contributed by atoms with van der Waals surface area (Å²) in [5.74, 6) is 0.436. The Kier molecular flexibility index (Phi) is 5.05. The van der Waals surface area contributed by atoms with Crippen LogP contribution < -0.4 is 5.32 Å². The second-order valence-corrected chi connectivity index (χ2v) is 6.26. The number of nitrogens with one attached hydrogen (secondary N) is 1. The van der Waals surface area contributed by atoms with Gasteiger partial charge < -0.3 is 5.32 Å². The van der Waals surface area contributed by atoms with Crippen molar-refractivity contribution in [1.29, 1.82) is 5.26 Å². The van der Waals surface area contributed by atoms with Gasteiger partial charge in [0, 0.05) is 22.6 Å². The monoisotopic (exact) mass is 348 g/mol. The van der Waals surface area contributed by atoms with Crippen molar-refractivity contribution in [3.05, 3.63) is 57.6 Å². The van der Waals surface area contributed by atoms with E-state index < -0.39 is 0 Å². The van der Waals surface area contributed by atoms with E-state index in [-0.39, 0.29) is 11.8 Å². The molecule has 102 valence electrons. The fraction of sp³-hybridized carbons (Fsp3) is 0.200. The summed E-state index contributed by atoms with van der Waals surface area (Å²) in [7, 11) is 0. The van der Waals surface area contributed by atoms with E-state index in [4.69, 9.17) is 0 Å². The Hall–Kier alpha value is -1.51. The van der Waals surface area contributed by atoms with E-state index >= 15 is 0 Å². The van der Waals surface area contributed by atoms with Crippen LogP contribution in [0.1, 0.15) is 17.9 Å². The van der Waals surface area contributed by atoms with Crippen LogP contribution in [0.4, 0.5) is 0 Å². The number of allylic oxidation sites excluding steroid dienone is 1. The molecule has 0 aliphatic carbocycles. The lowest BCUT2D eigenvalue weighted by molar-refractivity contribution is -0.120. The van der Waals surface area contributed by atoms with Crippen LogP contribution in [-0.2, 0) is 4.79 Å². The molecule has 0 saturated carbocycles. The zero-order chi connectivity index (χ0) is 14.5. The van der Waals surface area contributed by atoms with Gasteiger partial charge in [-0.2, -0.15) is 5.26 Å². The molecule has 1 aromatic rings. The molecule has 1 amide bonds. The quantitative estimate of drug-likeness (QED) is 0.843. The van der Waals surface area contributed by atoms with Gasteiger partial charge in [-0.05, 0) is 17.7 Å². The third-order valence-corrected chi connectivity index (χ3v) is 4.52. The van der Waals surface area contributed by atoms with Crippen molar-refractivity contribution in [1.82, 2.24) is 5.32 Å². The van der Waals surface area contributed by atoms with Crippen molar-refractivity contribution < 1.29 is 4.79 Å². The molecule has 0 aromatic heterocycles. The summed E-state index contributed by atoms with van der Waals surface area (Å²) in [5, 5.41) is 12.9. The van der Waals surface area contributed by atoms with Crippen molar-refractivity contribution >= 4 is 33.6 Å². The van der Waals surface area contributed by atoms with Gasteiger partial charge in [-0.1, -0.05) is 34.1 Å². The summed E-state index contributed by atoms with van der Waals surface area (Å²) in [6.45, 7) is 3.66. The summed E-state index contributed by atoms with van der Waals surface area (Å²) in [6, 6.07) is 9.98. The SMILES string of the molecule is C=CCSC1=C(C#N)[C@H](c2ccc(Br)cc2)CC(=O)N1. The zero-order valence-electron chi connectivity index (χ0n) is 10.7. The first-order valence-electron chi connectivity index (χ1n) is 6.09. The number of amides is 1. The number of hydrogen-bond donors (Lipinski definition) is 1. The van der Waals surface area contributed by atoms with Crippen LogP contribution in [0.25, 0.3) is 0 Å². The number of nitriles is 1. The molecular weight excluding hydrogens is 336 g/mol. The van der Waals surface area contributed by atoms with E-state index in [1.54, 1.807) is 6.08 Å². The molecule has 1 N–H and O–H groups in total. The summed E-state index contributed by atoms with van der Waals surface area (Å²) in [5.41, 5.74) is 1.61.